The third-order valence-electron chi connectivity index (χ3n) is 7.58. The number of carbonyl (C=O) groups excluding carboxylic acids is 1. The Morgan fingerprint density at radius 2 is 1.68 bits per heavy atom. The third-order valence-corrected chi connectivity index (χ3v) is 7.89. The number of methoxy groups -OCH3 is 1. The Bertz CT molecular complexity index is 1410. The highest BCUT2D eigenvalue weighted by molar-refractivity contribution is 6.30. The van der Waals surface area contributed by atoms with E-state index in [0.717, 1.165) is 52.9 Å². The monoisotopic (exact) mass is 559 g/mol. The highest BCUT2D eigenvalue weighted by atomic mass is 35.5. The molecule has 3 aromatic carbocycles. The van der Waals surface area contributed by atoms with Crippen LogP contribution in [0, 0.1) is 0 Å². The lowest BCUT2D eigenvalue weighted by molar-refractivity contribution is -0.147. The van der Waals surface area contributed by atoms with Crippen LogP contribution >= 0.6 is 11.6 Å². The maximum atomic E-state index is 13.6. The smallest absolute Gasteiger partial charge is 0.316 e. The van der Waals surface area contributed by atoms with E-state index in [1.165, 1.54) is 7.11 Å². The molecule has 210 valence electrons. The molecule has 0 aliphatic carbocycles. The van der Waals surface area contributed by atoms with E-state index in [1.807, 2.05) is 65.2 Å². The van der Waals surface area contributed by atoms with Crippen molar-refractivity contribution < 1.29 is 14.6 Å². The van der Waals surface area contributed by atoms with Gasteiger partial charge in [-0.1, -0.05) is 104 Å². The number of aliphatic hydroxyl groups excluding tert-OH is 1. The standard InChI is InChI=1S/C33H38ClN3O3/c1-3-4-15-30-36-31(34)29(23-38)37(30)22-26-17-16-25(18-27(26)21-35)20-33(32(39)40-2,28-13-9-6-10-14-28)19-24-11-7-5-8-12-24/h5-14,16-18,38H,3-4,15,19-23,35H2,1-2H3. The molecular weight excluding hydrogens is 522 g/mol. The fourth-order valence-corrected chi connectivity index (χ4v) is 5.71. The number of halogens is 1. The molecule has 1 unspecified atom stereocenters. The first kappa shape index (κ1) is 29.5. The van der Waals surface area contributed by atoms with E-state index >= 15 is 0 Å². The molecule has 0 bridgehead atoms. The third kappa shape index (κ3) is 6.47. The summed E-state index contributed by atoms with van der Waals surface area (Å²) in [5, 5.41) is 10.3. The minimum atomic E-state index is -0.917. The molecule has 40 heavy (non-hydrogen) atoms. The fraction of sp³-hybridized carbons (Fsp3) is 0.333. The van der Waals surface area contributed by atoms with Crippen LogP contribution in [0.3, 0.4) is 0 Å². The summed E-state index contributed by atoms with van der Waals surface area (Å²) in [6, 6.07) is 26.1. The van der Waals surface area contributed by atoms with E-state index in [0.29, 0.717) is 36.8 Å². The number of rotatable bonds is 13. The summed E-state index contributed by atoms with van der Waals surface area (Å²) in [5.74, 6) is 0.585. The quantitative estimate of drug-likeness (QED) is 0.203. The van der Waals surface area contributed by atoms with Crippen LogP contribution < -0.4 is 5.73 Å². The largest absolute Gasteiger partial charge is 0.468 e. The number of nitrogens with two attached hydrogens (primary N) is 1. The predicted molar refractivity (Wildman–Crippen MR) is 159 cm³/mol. The number of aromatic nitrogens is 2. The average molecular weight is 560 g/mol. The number of ether oxygens (including phenoxy) is 1. The first-order valence-electron chi connectivity index (χ1n) is 13.8. The molecule has 0 amide bonds. The summed E-state index contributed by atoms with van der Waals surface area (Å²) < 4.78 is 7.44. The van der Waals surface area contributed by atoms with Gasteiger partial charge in [-0.15, -0.1) is 0 Å². The second-order valence-corrected chi connectivity index (χ2v) is 10.6. The van der Waals surface area contributed by atoms with Crippen LogP contribution in [0.1, 0.15) is 59.1 Å². The summed E-state index contributed by atoms with van der Waals surface area (Å²) in [6.07, 6.45) is 3.75. The van der Waals surface area contributed by atoms with E-state index in [1.54, 1.807) is 0 Å². The Hall–Kier alpha value is -3.45. The molecule has 4 aromatic rings. The average Bonchev–Trinajstić information content (AvgIpc) is 3.30. The van der Waals surface area contributed by atoms with Crippen LogP contribution in [0.4, 0.5) is 0 Å². The van der Waals surface area contributed by atoms with Gasteiger partial charge in [-0.25, -0.2) is 4.98 Å². The van der Waals surface area contributed by atoms with Gasteiger partial charge in [0, 0.05) is 19.5 Å². The number of unbranched alkanes of at least 4 members (excludes halogenated alkanes) is 1. The number of nitrogens with zero attached hydrogens (tertiary/aromatic N) is 2. The molecule has 0 radical (unpaired) electrons. The van der Waals surface area contributed by atoms with E-state index in [4.69, 9.17) is 22.1 Å². The molecule has 1 heterocycles. The first-order valence-corrected chi connectivity index (χ1v) is 14.2. The molecule has 7 heteroatoms. The van der Waals surface area contributed by atoms with E-state index < -0.39 is 5.41 Å². The molecular formula is C33H38ClN3O3. The second-order valence-electron chi connectivity index (χ2n) is 10.2. The van der Waals surface area contributed by atoms with Gasteiger partial charge in [-0.3, -0.25) is 4.79 Å². The van der Waals surface area contributed by atoms with Crippen molar-refractivity contribution >= 4 is 17.6 Å². The molecule has 4 rings (SSSR count). The van der Waals surface area contributed by atoms with Gasteiger partial charge in [-0.2, -0.15) is 0 Å². The van der Waals surface area contributed by atoms with Crippen LogP contribution in [0.5, 0.6) is 0 Å². The minimum absolute atomic E-state index is 0.188. The SMILES string of the molecule is CCCCc1nc(Cl)c(CO)n1Cc1ccc(CC(Cc2ccccc2)(C(=O)OC)c2ccccc2)cc1CN. The summed E-state index contributed by atoms with van der Waals surface area (Å²) in [5.41, 5.74) is 10.9. The van der Waals surface area contributed by atoms with Gasteiger partial charge < -0.3 is 20.1 Å². The van der Waals surface area contributed by atoms with Crippen LogP contribution in [-0.4, -0.2) is 27.7 Å². The number of aryl methyl sites for hydroxylation is 1. The Morgan fingerprint density at radius 1 is 1.00 bits per heavy atom. The normalized spacial score (nSPS) is 12.7. The Kier molecular flexibility index (Phi) is 10.2. The fourth-order valence-electron chi connectivity index (χ4n) is 5.45. The molecule has 0 saturated carbocycles. The molecule has 0 spiro atoms. The van der Waals surface area contributed by atoms with E-state index in [9.17, 15) is 9.90 Å². The maximum absolute atomic E-state index is 13.6. The molecule has 1 aromatic heterocycles. The van der Waals surface area contributed by atoms with Crippen LogP contribution in [0.2, 0.25) is 5.15 Å². The Morgan fingerprint density at radius 3 is 2.30 bits per heavy atom. The molecule has 6 nitrogen and oxygen atoms in total. The number of esters is 1. The molecule has 0 fully saturated rings. The predicted octanol–water partition coefficient (Wildman–Crippen LogP) is 5.77. The number of benzene rings is 3. The van der Waals surface area contributed by atoms with Gasteiger partial charge in [0.2, 0.25) is 0 Å². The van der Waals surface area contributed by atoms with Gasteiger partial charge in [0.1, 0.15) is 11.2 Å². The molecule has 1 atom stereocenters. The maximum Gasteiger partial charge on any atom is 0.316 e. The van der Waals surface area contributed by atoms with Crippen LogP contribution in [0.25, 0.3) is 0 Å². The second kappa shape index (κ2) is 13.8. The van der Waals surface area contributed by atoms with Crippen molar-refractivity contribution in [1.29, 1.82) is 0 Å². The molecule has 0 aliphatic rings. The minimum Gasteiger partial charge on any atom is -0.468 e. The molecule has 0 aliphatic heterocycles. The van der Waals surface area contributed by atoms with Crippen molar-refractivity contribution in [3.8, 4) is 0 Å². The lowest BCUT2D eigenvalue weighted by atomic mass is 9.71. The zero-order valence-electron chi connectivity index (χ0n) is 23.3. The van der Waals surface area contributed by atoms with Crippen LogP contribution in [0.15, 0.2) is 78.9 Å². The van der Waals surface area contributed by atoms with Gasteiger partial charge in [0.15, 0.2) is 5.15 Å². The molecule has 3 N–H and O–H groups in total. The number of hydrogen-bond acceptors (Lipinski definition) is 5. The lowest BCUT2D eigenvalue weighted by Crippen LogP contribution is -2.41. The van der Waals surface area contributed by atoms with Crippen molar-refractivity contribution in [2.45, 2.75) is 64.1 Å². The number of aliphatic hydroxyl groups is 1. The molecule has 0 saturated heterocycles. The number of hydrogen-bond donors (Lipinski definition) is 2. The highest BCUT2D eigenvalue weighted by Gasteiger charge is 2.41. The van der Waals surface area contributed by atoms with Crippen molar-refractivity contribution in [3.63, 3.8) is 0 Å². The van der Waals surface area contributed by atoms with Crippen LogP contribution in [-0.2, 0) is 53.9 Å². The summed E-state index contributed by atoms with van der Waals surface area (Å²) in [4.78, 5) is 18.1. The zero-order valence-corrected chi connectivity index (χ0v) is 24.0. The van der Waals surface area contributed by atoms with Gasteiger partial charge in [0.25, 0.3) is 0 Å². The summed E-state index contributed by atoms with van der Waals surface area (Å²) >= 11 is 6.37. The summed E-state index contributed by atoms with van der Waals surface area (Å²) in [7, 11) is 1.45. The topological polar surface area (TPSA) is 90.4 Å². The number of carbonyl (C=O) groups is 1. The van der Waals surface area contributed by atoms with Crippen molar-refractivity contribution in [2.75, 3.05) is 7.11 Å². The highest BCUT2D eigenvalue weighted by Crippen LogP contribution is 2.35. The van der Waals surface area contributed by atoms with Crippen molar-refractivity contribution in [2.24, 2.45) is 5.73 Å². The van der Waals surface area contributed by atoms with E-state index in [-0.39, 0.29) is 12.6 Å². The Labute approximate surface area is 241 Å². The van der Waals surface area contributed by atoms with E-state index in [2.05, 4.69) is 30.1 Å². The van der Waals surface area contributed by atoms with Crippen molar-refractivity contribution in [1.82, 2.24) is 9.55 Å². The lowest BCUT2D eigenvalue weighted by Gasteiger charge is -2.32. The van der Waals surface area contributed by atoms with Gasteiger partial charge >= 0.3 is 5.97 Å². The number of imidazole rings is 1. The van der Waals surface area contributed by atoms with Gasteiger partial charge in [0.05, 0.1) is 19.4 Å². The van der Waals surface area contributed by atoms with Gasteiger partial charge in [-0.05, 0) is 47.1 Å². The first-order chi connectivity index (χ1) is 19.4. The van der Waals surface area contributed by atoms with Crippen molar-refractivity contribution in [3.05, 3.63) is 123 Å². The summed E-state index contributed by atoms with van der Waals surface area (Å²) in [6.45, 7) is 2.78. The Balaban J connectivity index is 1.74. The zero-order chi connectivity index (χ0) is 28.5.